The van der Waals surface area contributed by atoms with E-state index in [1.807, 2.05) is 18.2 Å². The van der Waals surface area contributed by atoms with Gasteiger partial charge in [0.25, 0.3) is 0 Å². The van der Waals surface area contributed by atoms with Gasteiger partial charge in [0.15, 0.2) is 9.84 Å². The second-order valence-electron chi connectivity index (χ2n) is 5.54. The lowest BCUT2D eigenvalue weighted by Gasteiger charge is -2.07. The Morgan fingerprint density at radius 3 is 2.24 bits per heavy atom. The maximum Gasteiger partial charge on any atom is 0.178 e. The van der Waals surface area contributed by atoms with E-state index < -0.39 is 15.7 Å². The Morgan fingerprint density at radius 1 is 1.04 bits per heavy atom. The molecule has 0 saturated carbocycles. The summed E-state index contributed by atoms with van der Waals surface area (Å²) in [7, 11) is -3.63. The molecule has 3 rings (SSSR count). The summed E-state index contributed by atoms with van der Waals surface area (Å²) in [5.41, 5.74) is 2.44. The molecule has 25 heavy (non-hydrogen) atoms. The van der Waals surface area contributed by atoms with Gasteiger partial charge in [-0.3, -0.25) is 0 Å². The normalized spacial score (nSPS) is 11.7. The summed E-state index contributed by atoms with van der Waals surface area (Å²) in [6.45, 7) is 1.72. The number of hydrogen-bond acceptors (Lipinski definition) is 4. The van der Waals surface area contributed by atoms with Gasteiger partial charge in [-0.05, 0) is 42.8 Å². The highest BCUT2D eigenvalue weighted by molar-refractivity contribution is 9.11. The summed E-state index contributed by atoms with van der Waals surface area (Å²) < 4.78 is 44.5. The van der Waals surface area contributed by atoms with Crippen LogP contribution < -0.4 is 0 Å². The standard InChI is InChI=1S/C17H12Br2FNO3S/c1-9-16(10-3-4-15(14(20)7-10)25(2,22)23)17(21-24-9)11-5-12(18)8-13(19)6-11/h3-8H,1-2H3. The molecule has 1 aromatic heterocycles. The van der Waals surface area contributed by atoms with E-state index in [9.17, 15) is 12.8 Å². The van der Waals surface area contributed by atoms with Crippen molar-refractivity contribution in [2.24, 2.45) is 0 Å². The van der Waals surface area contributed by atoms with Gasteiger partial charge in [-0.25, -0.2) is 12.8 Å². The molecule has 4 nitrogen and oxygen atoms in total. The lowest BCUT2D eigenvalue weighted by atomic mass is 9.99. The van der Waals surface area contributed by atoms with Gasteiger partial charge < -0.3 is 4.52 Å². The van der Waals surface area contributed by atoms with Gasteiger partial charge in [-0.1, -0.05) is 43.1 Å². The predicted octanol–water partition coefficient (Wildman–Crippen LogP) is 5.38. The molecule has 0 atom stereocenters. The van der Waals surface area contributed by atoms with Crippen molar-refractivity contribution in [2.45, 2.75) is 11.8 Å². The van der Waals surface area contributed by atoms with Crippen LogP contribution in [0.25, 0.3) is 22.4 Å². The molecular formula is C17H12Br2FNO3S. The molecule has 0 bridgehead atoms. The number of nitrogens with zero attached hydrogens (tertiary/aromatic N) is 1. The van der Waals surface area contributed by atoms with Crippen molar-refractivity contribution in [3.8, 4) is 22.4 Å². The molecule has 0 N–H and O–H groups in total. The van der Waals surface area contributed by atoms with E-state index in [1.54, 1.807) is 13.0 Å². The molecule has 1 heterocycles. The van der Waals surface area contributed by atoms with Gasteiger partial charge in [0.05, 0.1) is 5.56 Å². The topological polar surface area (TPSA) is 60.2 Å². The minimum Gasteiger partial charge on any atom is -0.360 e. The molecule has 0 saturated heterocycles. The van der Waals surface area contributed by atoms with Crippen LogP contribution in [0, 0.1) is 12.7 Å². The molecule has 0 fully saturated rings. The summed E-state index contributed by atoms with van der Waals surface area (Å²) in [5, 5.41) is 4.09. The average molecular weight is 489 g/mol. The van der Waals surface area contributed by atoms with Crippen LogP contribution in [0.1, 0.15) is 5.76 Å². The van der Waals surface area contributed by atoms with Gasteiger partial charge in [-0.15, -0.1) is 0 Å². The molecule has 0 unspecified atom stereocenters. The van der Waals surface area contributed by atoms with Crippen molar-refractivity contribution in [1.82, 2.24) is 5.16 Å². The van der Waals surface area contributed by atoms with Crippen LogP contribution in [0.5, 0.6) is 0 Å². The number of benzene rings is 2. The fourth-order valence-electron chi connectivity index (χ4n) is 2.56. The van der Waals surface area contributed by atoms with Gasteiger partial charge in [0.1, 0.15) is 22.2 Å². The van der Waals surface area contributed by atoms with Crippen molar-refractivity contribution >= 4 is 41.7 Å². The van der Waals surface area contributed by atoms with E-state index in [-0.39, 0.29) is 4.90 Å². The van der Waals surface area contributed by atoms with Crippen LogP contribution >= 0.6 is 31.9 Å². The van der Waals surface area contributed by atoms with E-state index >= 15 is 0 Å². The Morgan fingerprint density at radius 2 is 1.68 bits per heavy atom. The number of aromatic nitrogens is 1. The number of halogens is 3. The molecule has 2 aromatic carbocycles. The van der Waals surface area contributed by atoms with E-state index in [4.69, 9.17) is 4.52 Å². The van der Waals surface area contributed by atoms with E-state index in [2.05, 4.69) is 37.0 Å². The highest BCUT2D eigenvalue weighted by Crippen LogP contribution is 2.37. The summed E-state index contributed by atoms with van der Waals surface area (Å²) in [6, 6.07) is 9.62. The zero-order valence-electron chi connectivity index (χ0n) is 13.2. The molecule has 0 aliphatic rings. The van der Waals surface area contributed by atoms with Gasteiger partial charge >= 0.3 is 0 Å². The molecule has 3 aromatic rings. The Balaban J connectivity index is 2.19. The first-order chi connectivity index (χ1) is 11.7. The molecule has 8 heteroatoms. The molecule has 0 aliphatic carbocycles. The van der Waals surface area contributed by atoms with E-state index in [1.165, 1.54) is 12.1 Å². The second-order valence-corrected chi connectivity index (χ2v) is 9.35. The fourth-order valence-corrected chi connectivity index (χ4v) is 4.58. The van der Waals surface area contributed by atoms with Gasteiger partial charge in [-0.2, -0.15) is 0 Å². The third-order valence-electron chi connectivity index (χ3n) is 3.62. The highest BCUT2D eigenvalue weighted by Gasteiger charge is 2.20. The van der Waals surface area contributed by atoms with Crippen molar-refractivity contribution < 1.29 is 17.3 Å². The maximum atomic E-state index is 14.3. The van der Waals surface area contributed by atoms with Crippen molar-refractivity contribution in [3.63, 3.8) is 0 Å². The Bertz CT molecular complexity index is 1060. The molecular weight excluding hydrogens is 477 g/mol. The minimum absolute atomic E-state index is 0.336. The Hall–Kier alpha value is -1.51. The van der Waals surface area contributed by atoms with Crippen LogP contribution in [0.3, 0.4) is 0 Å². The summed E-state index contributed by atoms with van der Waals surface area (Å²) in [5.74, 6) is -0.292. The first-order valence-corrected chi connectivity index (χ1v) is 10.6. The van der Waals surface area contributed by atoms with Crippen LogP contribution in [-0.4, -0.2) is 19.8 Å². The number of hydrogen-bond donors (Lipinski definition) is 0. The lowest BCUT2D eigenvalue weighted by Crippen LogP contribution is -2.00. The molecule has 0 amide bonds. The number of aryl methyl sites for hydroxylation is 1. The average Bonchev–Trinajstić information content (AvgIpc) is 2.86. The van der Waals surface area contributed by atoms with Crippen molar-refractivity contribution in [3.05, 3.63) is 56.9 Å². The van der Waals surface area contributed by atoms with Crippen LogP contribution in [-0.2, 0) is 9.84 Å². The quantitative estimate of drug-likeness (QED) is 0.496. The van der Waals surface area contributed by atoms with E-state index in [0.717, 1.165) is 20.8 Å². The largest absolute Gasteiger partial charge is 0.360 e. The Kier molecular flexibility index (Phi) is 4.87. The highest BCUT2D eigenvalue weighted by atomic mass is 79.9. The second kappa shape index (κ2) is 6.66. The summed E-state index contributed by atoms with van der Waals surface area (Å²) in [6.07, 6.45) is 0.972. The smallest absolute Gasteiger partial charge is 0.178 e. The van der Waals surface area contributed by atoms with E-state index in [0.29, 0.717) is 22.6 Å². The molecule has 0 aliphatic heterocycles. The first kappa shape index (κ1) is 18.3. The molecule has 0 radical (unpaired) electrons. The Labute approximate surface area is 161 Å². The monoisotopic (exact) mass is 487 g/mol. The van der Waals surface area contributed by atoms with Crippen LogP contribution in [0.4, 0.5) is 4.39 Å². The first-order valence-electron chi connectivity index (χ1n) is 7.09. The molecule has 0 spiro atoms. The van der Waals surface area contributed by atoms with Crippen molar-refractivity contribution in [2.75, 3.05) is 6.26 Å². The number of rotatable bonds is 3. The zero-order valence-corrected chi connectivity index (χ0v) is 17.2. The third-order valence-corrected chi connectivity index (χ3v) is 5.66. The van der Waals surface area contributed by atoms with Crippen LogP contribution in [0.15, 0.2) is 54.8 Å². The van der Waals surface area contributed by atoms with Gasteiger partial charge in [0.2, 0.25) is 0 Å². The zero-order chi connectivity index (χ0) is 18.4. The number of sulfone groups is 1. The summed E-state index contributed by atoms with van der Waals surface area (Å²) in [4.78, 5) is -0.336. The van der Waals surface area contributed by atoms with Crippen molar-refractivity contribution in [1.29, 1.82) is 0 Å². The summed E-state index contributed by atoms with van der Waals surface area (Å²) >= 11 is 6.85. The third kappa shape index (κ3) is 3.70. The molecule has 130 valence electrons. The minimum atomic E-state index is -3.63. The fraction of sp³-hybridized carbons (Fsp3) is 0.118. The SMILES string of the molecule is Cc1onc(-c2cc(Br)cc(Br)c2)c1-c1ccc(S(C)(=O)=O)c(F)c1. The maximum absolute atomic E-state index is 14.3. The van der Waals surface area contributed by atoms with Crippen LogP contribution in [0.2, 0.25) is 0 Å². The predicted molar refractivity (Wildman–Crippen MR) is 101 cm³/mol. The lowest BCUT2D eigenvalue weighted by molar-refractivity contribution is 0.400. The van der Waals surface area contributed by atoms with Gasteiger partial charge in [0, 0.05) is 20.8 Å².